The van der Waals surface area contributed by atoms with Gasteiger partial charge in [0.25, 0.3) is 0 Å². The van der Waals surface area contributed by atoms with E-state index in [-0.39, 0.29) is 12.8 Å². The van der Waals surface area contributed by atoms with E-state index in [9.17, 15) is 40.9 Å². The number of hydrogen-bond acceptors (Lipinski definition) is 8. The standard InChI is InChI=1S/C43H86O8/c44-32-40(33-45)30-28-26-24-22-20-18-16-14-12-10-8-6-4-2-1-3-5-7-9-11-13-15-17-19-21-23-25-27-29-31-41(34-46,35-47)43(38-50,39-51)42(40,36-48)37-49/h44-51H,1-39H2. The molecule has 0 bridgehead atoms. The van der Waals surface area contributed by atoms with Crippen LogP contribution >= 0.6 is 0 Å². The minimum atomic E-state index is -1.78. The van der Waals surface area contributed by atoms with Crippen LogP contribution in [0.25, 0.3) is 0 Å². The molecule has 1 rings (SSSR count). The largest absolute Gasteiger partial charge is 0.396 e. The molecule has 8 N–H and O–H groups in total. The van der Waals surface area contributed by atoms with Gasteiger partial charge in [-0.2, -0.15) is 0 Å². The molecule has 0 atom stereocenters. The summed E-state index contributed by atoms with van der Waals surface area (Å²) in [5.41, 5.74) is -6.50. The molecule has 0 aromatic heterocycles. The Bertz CT molecular complexity index is 699. The summed E-state index contributed by atoms with van der Waals surface area (Å²) in [6, 6.07) is 0. The van der Waals surface area contributed by atoms with Crippen molar-refractivity contribution in [1.29, 1.82) is 0 Å². The number of aliphatic hydroxyl groups excluding tert-OH is 8. The highest BCUT2D eigenvalue weighted by molar-refractivity contribution is 5.14. The van der Waals surface area contributed by atoms with E-state index >= 15 is 0 Å². The van der Waals surface area contributed by atoms with Gasteiger partial charge in [0, 0.05) is 21.7 Å². The molecule has 306 valence electrons. The Kier molecular flexibility index (Phi) is 28.6. The van der Waals surface area contributed by atoms with Crippen molar-refractivity contribution in [3.05, 3.63) is 0 Å². The van der Waals surface area contributed by atoms with Gasteiger partial charge in [-0.15, -0.1) is 0 Å². The molecule has 0 unspecified atom stereocenters. The Morgan fingerprint density at radius 3 is 0.451 bits per heavy atom. The van der Waals surface area contributed by atoms with Gasteiger partial charge in [-0.3, -0.25) is 0 Å². The van der Waals surface area contributed by atoms with Gasteiger partial charge in [0.2, 0.25) is 0 Å². The first-order valence-electron chi connectivity index (χ1n) is 21.8. The second-order valence-corrected chi connectivity index (χ2v) is 16.7. The Labute approximate surface area is 313 Å². The molecule has 8 nitrogen and oxygen atoms in total. The van der Waals surface area contributed by atoms with Crippen molar-refractivity contribution in [3.63, 3.8) is 0 Å². The lowest BCUT2D eigenvalue weighted by Gasteiger charge is -2.63. The molecule has 0 amide bonds. The van der Waals surface area contributed by atoms with Crippen LogP contribution in [0.4, 0.5) is 0 Å². The second kappa shape index (κ2) is 30.0. The van der Waals surface area contributed by atoms with Crippen LogP contribution in [0, 0.1) is 21.7 Å². The van der Waals surface area contributed by atoms with Crippen molar-refractivity contribution < 1.29 is 40.9 Å². The highest BCUT2D eigenvalue weighted by Crippen LogP contribution is 2.61. The first-order chi connectivity index (χ1) is 24.9. The Hall–Kier alpha value is -0.320. The van der Waals surface area contributed by atoms with Gasteiger partial charge in [-0.1, -0.05) is 186 Å². The minimum absolute atomic E-state index is 0.260. The fraction of sp³-hybridized carbons (Fsp3) is 1.00. The average Bonchev–Trinajstić information content (AvgIpc) is 3.16. The maximum atomic E-state index is 11.1. The molecule has 0 saturated heterocycles. The zero-order valence-corrected chi connectivity index (χ0v) is 33.2. The number of hydrogen-bond donors (Lipinski definition) is 8. The molecule has 0 aromatic carbocycles. The van der Waals surface area contributed by atoms with Crippen LogP contribution in [-0.4, -0.2) is 93.7 Å². The Morgan fingerprint density at radius 2 is 0.333 bits per heavy atom. The van der Waals surface area contributed by atoms with Crippen LogP contribution in [0.15, 0.2) is 0 Å². The summed E-state index contributed by atoms with van der Waals surface area (Å²) >= 11 is 0. The summed E-state index contributed by atoms with van der Waals surface area (Å²) in [6.45, 7) is -5.31. The van der Waals surface area contributed by atoms with E-state index in [1.807, 2.05) is 0 Å². The van der Waals surface area contributed by atoms with Crippen LogP contribution in [0.1, 0.15) is 199 Å². The normalized spacial score (nSPS) is 24.5. The predicted octanol–water partition coefficient (Wildman–Crippen LogP) is 7.98. The lowest BCUT2D eigenvalue weighted by Crippen LogP contribution is -2.70. The molecule has 0 aliphatic heterocycles. The van der Waals surface area contributed by atoms with E-state index in [1.165, 1.54) is 135 Å². The van der Waals surface area contributed by atoms with Gasteiger partial charge in [0.05, 0.1) is 52.9 Å². The van der Waals surface area contributed by atoms with Crippen molar-refractivity contribution in [2.75, 3.05) is 52.9 Å². The summed E-state index contributed by atoms with van der Waals surface area (Å²) in [6.07, 6.45) is 35.6. The van der Waals surface area contributed by atoms with E-state index in [2.05, 4.69) is 0 Å². The third kappa shape index (κ3) is 15.0. The summed E-state index contributed by atoms with van der Waals surface area (Å²) in [7, 11) is 0. The maximum Gasteiger partial charge on any atom is 0.0523 e. The Balaban J connectivity index is 2.99. The molecule has 1 aliphatic rings. The van der Waals surface area contributed by atoms with Crippen LogP contribution in [0.2, 0.25) is 0 Å². The summed E-state index contributed by atoms with van der Waals surface area (Å²) in [5, 5.41) is 87.7. The molecule has 1 fully saturated rings. The summed E-state index contributed by atoms with van der Waals surface area (Å²) in [4.78, 5) is 0. The van der Waals surface area contributed by atoms with Gasteiger partial charge in [0.15, 0.2) is 0 Å². The molecule has 8 heteroatoms. The molecular weight excluding hydrogens is 644 g/mol. The van der Waals surface area contributed by atoms with Crippen LogP contribution < -0.4 is 0 Å². The van der Waals surface area contributed by atoms with E-state index in [1.54, 1.807) is 0 Å². The highest BCUT2D eigenvalue weighted by atomic mass is 16.3. The number of aliphatic hydroxyl groups is 8. The topological polar surface area (TPSA) is 162 Å². The maximum absolute atomic E-state index is 11.1. The van der Waals surface area contributed by atoms with Gasteiger partial charge in [-0.05, 0) is 12.8 Å². The van der Waals surface area contributed by atoms with Crippen molar-refractivity contribution >= 4 is 0 Å². The van der Waals surface area contributed by atoms with E-state index < -0.39 is 74.5 Å². The monoisotopic (exact) mass is 731 g/mol. The molecule has 51 heavy (non-hydrogen) atoms. The molecule has 1 saturated carbocycles. The van der Waals surface area contributed by atoms with Crippen LogP contribution in [0.5, 0.6) is 0 Å². The van der Waals surface area contributed by atoms with Gasteiger partial charge in [0.1, 0.15) is 0 Å². The molecule has 0 radical (unpaired) electrons. The molecule has 0 aromatic rings. The lowest BCUT2D eigenvalue weighted by atomic mass is 9.42. The van der Waals surface area contributed by atoms with E-state index in [0.717, 1.165) is 38.5 Å². The van der Waals surface area contributed by atoms with Gasteiger partial charge >= 0.3 is 0 Å². The fourth-order valence-electron chi connectivity index (χ4n) is 9.59. The zero-order chi connectivity index (χ0) is 37.6. The van der Waals surface area contributed by atoms with Crippen molar-refractivity contribution in [2.45, 2.75) is 199 Å². The minimum Gasteiger partial charge on any atom is -0.396 e. The Morgan fingerprint density at radius 1 is 0.196 bits per heavy atom. The third-order valence-corrected chi connectivity index (χ3v) is 13.5. The number of rotatable bonds is 8. The average molecular weight is 731 g/mol. The van der Waals surface area contributed by atoms with Crippen molar-refractivity contribution in [1.82, 2.24) is 0 Å². The highest BCUT2D eigenvalue weighted by Gasteiger charge is 2.68. The van der Waals surface area contributed by atoms with Crippen LogP contribution in [0.3, 0.4) is 0 Å². The molecule has 0 spiro atoms. The third-order valence-electron chi connectivity index (χ3n) is 13.5. The quantitative estimate of drug-likeness (QED) is 0.125. The second-order valence-electron chi connectivity index (χ2n) is 16.7. The summed E-state index contributed by atoms with van der Waals surface area (Å²) < 4.78 is 0. The predicted molar refractivity (Wildman–Crippen MR) is 210 cm³/mol. The zero-order valence-electron chi connectivity index (χ0n) is 33.2. The van der Waals surface area contributed by atoms with Gasteiger partial charge < -0.3 is 40.9 Å². The first kappa shape index (κ1) is 48.7. The van der Waals surface area contributed by atoms with Crippen LogP contribution in [-0.2, 0) is 0 Å². The first-order valence-corrected chi connectivity index (χ1v) is 21.8. The van der Waals surface area contributed by atoms with Gasteiger partial charge in [-0.25, -0.2) is 0 Å². The SMILES string of the molecule is OCC1(CO)CCCCCCCCCCCCCCCCCCCCCCCCCCCCCCCC(CO)(CO)C(CO)(CO)C1(CO)CO. The molecule has 1 aliphatic carbocycles. The fourth-order valence-corrected chi connectivity index (χ4v) is 9.59. The molecule has 0 heterocycles. The lowest BCUT2D eigenvalue weighted by molar-refractivity contribution is -0.268. The van der Waals surface area contributed by atoms with Crippen molar-refractivity contribution in [3.8, 4) is 0 Å². The summed E-state index contributed by atoms with van der Waals surface area (Å²) in [5.74, 6) is 0. The van der Waals surface area contributed by atoms with Crippen molar-refractivity contribution in [2.24, 2.45) is 21.7 Å². The van der Waals surface area contributed by atoms with E-state index in [0.29, 0.717) is 12.8 Å². The smallest absolute Gasteiger partial charge is 0.0523 e. The molecular formula is C43H86O8. The van der Waals surface area contributed by atoms with E-state index in [4.69, 9.17) is 0 Å².